The summed E-state index contributed by atoms with van der Waals surface area (Å²) in [5.41, 5.74) is 0. The molecule has 2 rings (SSSR count). The van der Waals surface area contributed by atoms with Crippen LogP contribution in [0, 0.1) is 5.92 Å². The first kappa shape index (κ1) is 11.5. The summed E-state index contributed by atoms with van der Waals surface area (Å²) in [6.07, 6.45) is 1.28. The summed E-state index contributed by atoms with van der Waals surface area (Å²) < 4.78 is 1.75. The minimum Gasteiger partial charge on any atom is -0.309 e. The van der Waals surface area contributed by atoms with Gasteiger partial charge in [-0.05, 0) is 43.4 Å². The van der Waals surface area contributed by atoms with Crippen molar-refractivity contribution in [3.05, 3.63) is 5.82 Å². The van der Waals surface area contributed by atoms with Gasteiger partial charge < -0.3 is 4.90 Å². The predicted molar refractivity (Wildman–Crippen MR) is 60.7 cm³/mol. The molecule has 0 aromatic carbocycles. The Bertz CT molecular complexity index is 334. The number of aryl methyl sites for hydroxylation is 1. The molecule has 6 nitrogen and oxygen atoms in total. The largest absolute Gasteiger partial charge is 0.309 e. The second-order valence-corrected chi connectivity index (χ2v) is 4.87. The van der Waals surface area contributed by atoms with E-state index in [0.717, 1.165) is 31.4 Å². The van der Waals surface area contributed by atoms with Crippen LogP contribution in [0.15, 0.2) is 0 Å². The van der Waals surface area contributed by atoms with Crippen LogP contribution in [0.2, 0.25) is 0 Å². The maximum atomic E-state index is 4.02. The smallest absolute Gasteiger partial charge is 0.164 e. The second kappa shape index (κ2) is 4.88. The molecule has 2 heterocycles. The van der Waals surface area contributed by atoms with E-state index in [-0.39, 0.29) is 0 Å². The molecular weight excluding hydrogens is 204 g/mol. The first-order chi connectivity index (χ1) is 7.65. The van der Waals surface area contributed by atoms with Gasteiger partial charge in [-0.1, -0.05) is 0 Å². The zero-order valence-corrected chi connectivity index (χ0v) is 10.3. The standard InChI is InChI=1S/C10H20N6/c1-14(2)6-9-4-5-16(7-9)8-10-11-12-13-15(10)3/h9H,4-8H2,1-3H3. The third-order valence-electron chi connectivity index (χ3n) is 3.07. The molecule has 1 saturated heterocycles. The molecule has 1 aliphatic heterocycles. The van der Waals surface area contributed by atoms with Crippen LogP contribution in [0.5, 0.6) is 0 Å². The molecule has 0 bridgehead atoms. The van der Waals surface area contributed by atoms with E-state index in [1.54, 1.807) is 4.68 Å². The van der Waals surface area contributed by atoms with E-state index < -0.39 is 0 Å². The molecule has 1 aliphatic rings. The van der Waals surface area contributed by atoms with E-state index in [2.05, 4.69) is 39.4 Å². The zero-order valence-electron chi connectivity index (χ0n) is 10.3. The summed E-state index contributed by atoms with van der Waals surface area (Å²) in [6.45, 7) is 4.36. The molecule has 16 heavy (non-hydrogen) atoms. The van der Waals surface area contributed by atoms with Crippen molar-refractivity contribution >= 4 is 0 Å². The topological polar surface area (TPSA) is 50.1 Å². The maximum Gasteiger partial charge on any atom is 0.164 e. The second-order valence-electron chi connectivity index (χ2n) is 4.87. The molecular formula is C10H20N6. The average Bonchev–Trinajstić information content (AvgIpc) is 2.77. The molecule has 1 fully saturated rings. The summed E-state index contributed by atoms with van der Waals surface area (Å²) in [4.78, 5) is 4.69. The fourth-order valence-corrected chi connectivity index (χ4v) is 2.30. The van der Waals surface area contributed by atoms with Gasteiger partial charge in [0.05, 0.1) is 6.54 Å². The Morgan fingerprint density at radius 3 is 2.88 bits per heavy atom. The molecule has 0 radical (unpaired) electrons. The molecule has 1 aromatic heterocycles. The van der Waals surface area contributed by atoms with Gasteiger partial charge in [0.2, 0.25) is 0 Å². The van der Waals surface area contributed by atoms with Gasteiger partial charge in [0.1, 0.15) is 0 Å². The Morgan fingerprint density at radius 2 is 2.25 bits per heavy atom. The molecule has 0 saturated carbocycles. The Labute approximate surface area is 96.2 Å². The fraction of sp³-hybridized carbons (Fsp3) is 0.900. The third kappa shape index (κ3) is 2.76. The van der Waals surface area contributed by atoms with Crippen molar-refractivity contribution in [1.82, 2.24) is 30.0 Å². The third-order valence-corrected chi connectivity index (χ3v) is 3.07. The van der Waals surface area contributed by atoms with Crippen LogP contribution in [0.1, 0.15) is 12.2 Å². The molecule has 0 N–H and O–H groups in total. The molecule has 1 unspecified atom stereocenters. The monoisotopic (exact) mass is 224 g/mol. The first-order valence-corrected chi connectivity index (χ1v) is 5.73. The highest BCUT2D eigenvalue weighted by atomic mass is 15.5. The SMILES string of the molecule is CN(C)CC1CCN(Cc2nnnn2C)C1. The van der Waals surface area contributed by atoms with Crippen LogP contribution in [0.25, 0.3) is 0 Å². The number of hydrogen-bond acceptors (Lipinski definition) is 5. The molecule has 0 spiro atoms. The number of nitrogens with zero attached hydrogens (tertiary/aromatic N) is 6. The zero-order chi connectivity index (χ0) is 11.5. The molecule has 90 valence electrons. The predicted octanol–water partition coefficient (Wildman–Crippen LogP) is -0.406. The van der Waals surface area contributed by atoms with Gasteiger partial charge in [-0.3, -0.25) is 4.90 Å². The van der Waals surface area contributed by atoms with Gasteiger partial charge >= 0.3 is 0 Å². The Kier molecular flexibility index (Phi) is 3.50. The van der Waals surface area contributed by atoms with Gasteiger partial charge in [-0.2, -0.15) is 0 Å². The van der Waals surface area contributed by atoms with Gasteiger partial charge in [-0.25, -0.2) is 4.68 Å². The molecule has 0 aliphatic carbocycles. The number of hydrogen-bond donors (Lipinski definition) is 0. The lowest BCUT2D eigenvalue weighted by atomic mass is 10.1. The van der Waals surface area contributed by atoms with Crippen molar-refractivity contribution < 1.29 is 0 Å². The van der Waals surface area contributed by atoms with Gasteiger partial charge in [0.15, 0.2) is 5.82 Å². The van der Waals surface area contributed by atoms with Crippen LogP contribution in [-0.2, 0) is 13.6 Å². The highest BCUT2D eigenvalue weighted by Gasteiger charge is 2.23. The number of tetrazole rings is 1. The Morgan fingerprint density at radius 1 is 1.44 bits per heavy atom. The normalized spacial score (nSPS) is 22.1. The van der Waals surface area contributed by atoms with Crippen LogP contribution in [0.3, 0.4) is 0 Å². The molecule has 6 heteroatoms. The maximum absolute atomic E-state index is 4.02. The van der Waals surface area contributed by atoms with Crippen LogP contribution in [-0.4, -0.2) is 63.7 Å². The van der Waals surface area contributed by atoms with Crippen molar-refractivity contribution in [1.29, 1.82) is 0 Å². The van der Waals surface area contributed by atoms with E-state index >= 15 is 0 Å². The van der Waals surface area contributed by atoms with E-state index in [1.165, 1.54) is 13.0 Å². The van der Waals surface area contributed by atoms with Gasteiger partial charge in [0.25, 0.3) is 0 Å². The fourth-order valence-electron chi connectivity index (χ4n) is 2.30. The molecule has 1 atom stereocenters. The lowest BCUT2D eigenvalue weighted by Gasteiger charge is -2.17. The Balaban J connectivity index is 1.83. The van der Waals surface area contributed by atoms with E-state index in [1.807, 2.05) is 7.05 Å². The van der Waals surface area contributed by atoms with Crippen molar-refractivity contribution in [3.8, 4) is 0 Å². The lowest BCUT2D eigenvalue weighted by molar-refractivity contribution is 0.278. The highest BCUT2D eigenvalue weighted by molar-refractivity contribution is 4.84. The first-order valence-electron chi connectivity index (χ1n) is 5.73. The van der Waals surface area contributed by atoms with Crippen molar-refractivity contribution in [3.63, 3.8) is 0 Å². The number of likely N-dealkylation sites (tertiary alicyclic amines) is 1. The number of rotatable bonds is 4. The minimum absolute atomic E-state index is 0.788. The van der Waals surface area contributed by atoms with Gasteiger partial charge in [0, 0.05) is 20.1 Å². The van der Waals surface area contributed by atoms with E-state index in [9.17, 15) is 0 Å². The quantitative estimate of drug-likeness (QED) is 0.696. The summed E-state index contributed by atoms with van der Waals surface area (Å²) in [6, 6.07) is 0. The van der Waals surface area contributed by atoms with Gasteiger partial charge in [-0.15, -0.1) is 5.10 Å². The van der Waals surface area contributed by atoms with Crippen LogP contribution >= 0.6 is 0 Å². The van der Waals surface area contributed by atoms with Crippen molar-refractivity contribution in [2.24, 2.45) is 13.0 Å². The summed E-state index contributed by atoms with van der Waals surface area (Å²) >= 11 is 0. The molecule has 1 aromatic rings. The van der Waals surface area contributed by atoms with Crippen molar-refractivity contribution in [2.45, 2.75) is 13.0 Å². The van der Waals surface area contributed by atoms with Crippen molar-refractivity contribution in [2.75, 3.05) is 33.7 Å². The lowest BCUT2D eigenvalue weighted by Crippen LogP contribution is -2.26. The van der Waals surface area contributed by atoms with E-state index in [0.29, 0.717) is 0 Å². The summed E-state index contributed by atoms with van der Waals surface area (Å²) in [5.74, 6) is 1.74. The van der Waals surface area contributed by atoms with Crippen LogP contribution < -0.4 is 0 Å². The average molecular weight is 224 g/mol. The molecule has 0 amide bonds. The number of aromatic nitrogens is 4. The Hall–Kier alpha value is -1.01. The van der Waals surface area contributed by atoms with E-state index in [4.69, 9.17) is 0 Å². The highest BCUT2D eigenvalue weighted by Crippen LogP contribution is 2.18. The minimum atomic E-state index is 0.788. The summed E-state index contributed by atoms with van der Waals surface area (Å²) in [5, 5.41) is 11.5. The van der Waals surface area contributed by atoms with Crippen LogP contribution in [0.4, 0.5) is 0 Å². The summed E-state index contributed by atoms with van der Waals surface area (Å²) in [7, 11) is 6.16.